The summed E-state index contributed by atoms with van der Waals surface area (Å²) in [4.78, 5) is 13.9. The molecule has 3 heterocycles. The fraction of sp³-hybridized carbons (Fsp3) is 0.636. The van der Waals surface area contributed by atoms with E-state index in [1.807, 2.05) is 4.90 Å². The normalized spacial score (nSPS) is 29.1. The molecule has 1 aromatic heterocycles. The molecular weight excluding hydrogens is 206 g/mol. The van der Waals surface area contributed by atoms with Crippen molar-refractivity contribution in [2.24, 2.45) is 5.41 Å². The van der Waals surface area contributed by atoms with Gasteiger partial charge in [0.2, 0.25) is 0 Å². The van der Waals surface area contributed by atoms with Gasteiger partial charge in [-0.1, -0.05) is 5.16 Å². The first-order valence-electron chi connectivity index (χ1n) is 5.70. The molecule has 86 valence electrons. The smallest absolute Gasteiger partial charge is 0.276 e. The van der Waals surface area contributed by atoms with Crippen LogP contribution >= 0.6 is 0 Å². The number of hydrogen-bond donors (Lipinski definition) is 1. The summed E-state index contributed by atoms with van der Waals surface area (Å²) >= 11 is 0. The second-order valence-corrected chi connectivity index (χ2v) is 4.79. The van der Waals surface area contributed by atoms with Crippen LogP contribution in [0.2, 0.25) is 0 Å². The lowest BCUT2D eigenvalue weighted by Gasteiger charge is -2.22. The predicted molar refractivity (Wildman–Crippen MR) is 56.9 cm³/mol. The molecule has 0 aliphatic carbocycles. The molecule has 1 amide bonds. The molecule has 16 heavy (non-hydrogen) atoms. The number of carbonyl (C=O) groups excluding carboxylic acids is 1. The van der Waals surface area contributed by atoms with Crippen LogP contribution in [0.5, 0.6) is 0 Å². The van der Waals surface area contributed by atoms with Gasteiger partial charge in [0.15, 0.2) is 5.69 Å². The van der Waals surface area contributed by atoms with E-state index in [9.17, 15) is 4.79 Å². The van der Waals surface area contributed by atoms with E-state index in [1.54, 1.807) is 6.07 Å². The molecule has 1 N–H and O–H groups in total. The third-order valence-corrected chi connectivity index (χ3v) is 3.71. The first-order chi connectivity index (χ1) is 7.79. The third-order valence-electron chi connectivity index (χ3n) is 3.71. The molecule has 2 aliphatic rings. The van der Waals surface area contributed by atoms with Gasteiger partial charge < -0.3 is 14.7 Å². The maximum Gasteiger partial charge on any atom is 0.276 e. The molecule has 1 spiro atoms. The van der Waals surface area contributed by atoms with Gasteiger partial charge >= 0.3 is 0 Å². The lowest BCUT2D eigenvalue weighted by Crippen LogP contribution is -2.33. The minimum atomic E-state index is -0.00229. The highest BCUT2D eigenvalue weighted by atomic mass is 16.5. The summed E-state index contributed by atoms with van der Waals surface area (Å²) in [6, 6.07) is 1.63. The Bertz CT molecular complexity index is 382. The molecule has 3 rings (SSSR count). The Morgan fingerprint density at radius 2 is 2.50 bits per heavy atom. The molecule has 2 fully saturated rings. The van der Waals surface area contributed by atoms with Gasteiger partial charge in [-0.25, -0.2) is 0 Å². The zero-order chi connectivity index (χ0) is 11.0. The molecule has 2 aliphatic heterocycles. The van der Waals surface area contributed by atoms with E-state index in [2.05, 4.69) is 10.5 Å². The number of amides is 1. The molecule has 0 bridgehead atoms. The predicted octanol–water partition coefficient (Wildman–Crippen LogP) is 0.500. The van der Waals surface area contributed by atoms with Gasteiger partial charge in [-0.2, -0.15) is 0 Å². The summed E-state index contributed by atoms with van der Waals surface area (Å²) in [6.07, 6.45) is 3.72. The summed E-state index contributed by atoms with van der Waals surface area (Å²) in [5, 5.41) is 7.07. The second-order valence-electron chi connectivity index (χ2n) is 4.79. The summed E-state index contributed by atoms with van der Waals surface area (Å²) in [6.45, 7) is 3.81. The number of carbonyl (C=O) groups is 1. The van der Waals surface area contributed by atoms with Crippen molar-refractivity contribution in [2.45, 2.75) is 12.8 Å². The van der Waals surface area contributed by atoms with E-state index in [1.165, 1.54) is 12.7 Å². The van der Waals surface area contributed by atoms with Crippen LogP contribution in [0, 0.1) is 5.41 Å². The molecule has 2 saturated heterocycles. The van der Waals surface area contributed by atoms with Crippen LogP contribution in [-0.2, 0) is 0 Å². The number of nitrogens with zero attached hydrogens (tertiary/aromatic N) is 2. The standard InChI is InChI=1S/C11H15N3O2/c15-10(9-1-6-16-13-9)14-5-3-11(8-14)2-4-12-7-11/h1,6,12H,2-5,7-8H2. The van der Waals surface area contributed by atoms with E-state index < -0.39 is 0 Å². The van der Waals surface area contributed by atoms with E-state index in [-0.39, 0.29) is 5.91 Å². The molecule has 0 saturated carbocycles. The SMILES string of the molecule is O=C(c1ccon1)N1CCC2(CCNC2)C1. The lowest BCUT2D eigenvalue weighted by atomic mass is 9.87. The van der Waals surface area contributed by atoms with Crippen LogP contribution in [0.1, 0.15) is 23.3 Å². The van der Waals surface area contributed by atoms with Crippen molar-refractivity contribution >= 4 is 5.91 Å². The number of nitrogens with one attached hydrogen (secondary N) is 1. The Balaban J connectivity index is 1.72. The summed E-state index contributed by atoms with van der Waals surface area (Å²) in [7, 11) is 0. The van der Waals surface area contributed by atoms with Gasteiger partial charge in [-0.05, 0) is 19.4 Å². The molecule has 1 unspecified atom stereocenters. The van der Waals surface area contributed by atoms with Crippen LogP contribution in [0.3, 0.4) is 0 Å². The highest BCUT2D eigenvalue weighted by Crippen LogP contribution is 2.36. The zero-order valence-electron chi connectivity index (χ0n) is 9.11. The largest absolute Gasteiger partial charge is 0.364 e. The monoisotopic (exact) mass is 221 g/mol. The summed E-state index contributed by atoms with van der Waals surface area (Å²) in [5.41, 5.74) is 0.738. The van der Waals surface area contributed by atoms with E-state index >= 15 is 0 Å². The average molecular weight is 221 g/mol. The van der Waals surface area contributed by atoms with Crippen LogP contribution in [0.4, 0.5) is 0 Å². The fourth-order valence-electron chi connectivity index (χ4n) is 2.74. The highest BCUT2D eigenvalue weighted by molar-refractivity contribution is 5.92. The Labute approximate surface area is 93.8 Å². The van der Waals surface area contributed by atoms with Crippen molar-refractivity contribution in [1.29, 1.82) is 0 Å². The third kappa shape index (κ3) is 1.51. The number of rotatable bonds is 1. The number of hydrogen-bond acceptors (Lipinski definition) is 4. The van der Waals surface area contributed by atoms with Crippen molar-refractivity contribution in [3.05, 3.63) is 18.0 Å². The number of likely N-dealkylation sites (tertiary alicyclic amines) is 1. The van der Waals surface area contributed by atoms with Crippen LogP contribution in [0.15, 0.2) is 16.9 Å². The Kier molecular flexibility index (Phi) is 2.21. The van der Waals surface area contributed by atoms with Gasteiger partial charge in [-0.15, -0.1) is 0 Å². The minimum absolute atomic E-state index is 0.00229. The molecule has 0 aromatic carbocycles. The quantitative estimate of drug-likeness (QED) is 0.750. The van der Waals surface area contributed by atoms with E-state index in [0.29, 0.717) is 11.1 Å². The Hall–Kier alpha value is -1.36. The Morgan fingerprint density at radius 3 is 3.19 bits per heavy atom. The first kappa shape index (κ1) is 9.84. The molecule has 5 heteroatoms. The molecular formula is C11H15N3O2. The van der Waals surface area contributed by atoms with Crippen LogP contribution < -0.4 is 5.32 Å². The fourth-order valence-corrected chi connectivity index (χ4v) is 2.74. The Morgan fingerprint density at radius 1 is 1.56 bits per heavy atom. The van der Waals surface area contributed by atoms with Gasteiger partial charge in [0.1, 0.15) is 6.26 Å². The summed E-state index contributed by atoms with van der Waals surface area (Å²) in [5.74, 6) is -0.00229. The zero-order valence-corrected chi connectivity index (χ0v) is 9.11. The molecule has 1 aromatic rings. The topological polar surface area (TPSA) is 58.4 Å². The van der Waals surface area contributed by atoms with Gasteiger partial charge in [-0.3, -0.25) is 4.79 Å². The second kappa shape index (κ2) is 3.59. The van der Waals surface area contributed by atoms with Gasteiger partial charge in [0.05, 0.1) is 0 Å². The number of aromatic nitrogens is 1. The van der Waals surface area contributed by atoms with Gasteiger partial charge in [0, 0.05) is 31.1 Å². The lowest BCUT2D eigenvalue weighted by molar-refractivity contribution is 0.0765. The average Bonchev–Trinajstić information content (AvgIpc) is 3.01. The molecule has 5 nitrogen and oxygen atoms in total. The van der Waals surface area contributed by atoms with Crippen LogP contribution in [0.25, 0.3) is 0 Å². The highest BCUT2D eigenvalue weighted by Gasteiger charge is 2.42. The maximum absolute atomic E-state index is 12.0. The van der Waals surface area contributed by atoms with Crippen molar-refractivity contribution < 1.29 is 9.32 Å². The van der Waals surface area contributed by atoms with E-state index in [4.69, 9.17) is 4.52 Å². The van der Waals surface area contributed by atoms with Crippen molar-refractivity contribution in [3.63, 3.8) is 0 Å². The summed E-state index contributed by atoms with van der Waals surface area (Å²) < 4.78 is 4.70. The molecule has 0 radical (unpaired) electrons. The van der Waals surface area contributed by atoms with Crippen molar-refractivity contribution in [1.82, 2.24) is 15.4 Å². The van der Waals surface area contributed by atoms with Gasteiger partial charge in [0.25, 0.3) is 5.91 Å². The van der Waals surface area contributed by atoms with Crippen LogP contribution in [-0.4, -0.2) is 42.1 Å². The maximum atomic E-state index is 12.0. The van der Waals surface area contributed by atoms with Crippen molar-refractivity contribution in [2.75, 3.05) is 26.2 Å². The first-order valence-corrected chi connectivity index (χ1v) is 5.70. The van der Waals surface area contributed by atoms with E-state index in [0.717, 1.165) is 32.6 Å². The molecule has 1 atom stereocenters. The minimum Gasteiger partial charge on any atom is -0.364 e. The van der Waals surface area contributed by atoms with Crippen molar-refractivity contribution in [3.8, 4) is 0 Å².